The van der Waals surface area contributed by atoms with Gasteiger partial charge in [0.2, 0.25) is 12.3 Å². The Kier molecular flexibility index (Phi) is 3.39. The fourth-order valence-corrected chi connectivity index (χ4v) is 3.22. The van der Waals surface area contributed by atoms with Crippen molar-refractivity contribution >= 4 is 17.3 Å². The molecule has 0 saturated heterocycles. The Morgan fingerprint density at radius 2 is 2.00 bits per heavy atom. The first-order valence-electron chi connectivity index (χ1n) is 7.46. The summed E-state index contributed by atoms with van der Waals surface area (Å²) in [7, 11) is 0. The third kappa shape index (κ3) is 2.29. The van der Waals surface area contributed by atoms with Crippen LogP contribution in [0.5, 0.6) is 0 Å². The zero-order chi connectivity index (χ0) is 16.8. The van der Waals surface area contributed by atoms with Crippen LogP contribution < -0.4 is 0 Å². The van der Waals surface area contributed by atoms with Crippen LogP contribution in [0.15, 0.2) is 48.7 Å². The summed E-state index contributed by atoms with van der Waals surface area (Å²) < 4.78 is 17.0. The number of hydrogen-bond donors (Lipinski definition) is 0. The van der Waals surface area contributed by atoms with E-state index in [0.29, 0.717) is 16.4 Å². The molecule has 0 amide bonds. The summed E-state index contributed by atoms with van der Waals surface area (Å²) in [6, 6.07) is 11.5. The first kappa shape index (κ1) is 14.9. The van der Waals surface area contributed by atoms with Crippen LogP contribution in [0.1, 0.15) is 22.6 Å². The Labute approximate surface area is 143 Å². The summed E-state index contributed by atoms with van der Waals surface area (Å²) in [6.45, 7) is 1.90. The molecule has 2 aromatic carbocycles. The average molecular weight is 342 g/mol. The average Bonchev–Trinajstić information content (AvgIpc) is 2.85. The minimum Gasteiger partial charge on any atom is -0.623 e. The molecule has 0 bridgehead atoms. The molecule has 4 nitrogen and oxygen atoms in total. The number of aromatic nitrogens is 2. The topological polar surface area (TPSA) is 43.9 Å². The molecule has 0 N–H and O–H groups in total. The summed E-state index contributed by atoms with van der Waals surface area (Å²) in [5.74, 6) is 0.160. The van der Waals surface area contributed by atoms with Gasteiger partial charge in [-0.3, -0.25) is 4.57 Å². The number of rotatable bonds is 1. The van der Waals surface area contributed by atoms with E-state index in [4.69, 9.17) is 11.6 Å². The first-order chi connectivity index (χ1) is 11.5. The molecule has 0 spiro atoms. The van der Waals surface area contributed by atoms with Crippen LogP contribution in [-0.2, 0) is 6.54 Å². The standard InChI is InChI=1S/C18H13ClFN3O/c1-11-9-22-16-7-6-12(19)8-14(16)18(23(24)10-17(22)21-11)13-4-2-3-5-15(13)20/h2-9H,10H2,1H3. The molecule has 1 aromatic heterocycles. The van der Waals surface area contributed by atoms with Gasteiger partial charge in [-0.15, -0.1) is 0 Å². The van der Waals surface area contributed by atoms with E-state index in [9.17, 15) is 9.60 Å². The van der Waals surface area contributed by atoms with Crippen LogP contribution in [-0.4, -0.2) is 20.0 Å². The molecule has 0 radical (unpaired) electrons. The van der Waals surface area contributed by atoms with Gasteiger partial charge < -0.3 is 5.21 Å². The molecular formula is C18H13ClFN3O. The lowest BCUT2D eigenvalue weighted by atomic mass is 10.00. The third-order valence-electron chi connectivity index (χ3n) is 4.04. The molecule has 6 heteroatoms. The van der Waals surface area contributed by atoms with Gasteiger partial charge in [0, 0.05) is 11.2 Å². The van der Waals surface area contributed by atoms with Gasteiger partial charge in [-0.1, -0.05) is 23.7 Å². The summed E-state index contributed by atoms with van der Waals surface area (Å²) in [5.41, 5.74) is 2.66. The maximum absolute atomic E-state index is 14.4. The molecule has 4 rings (SSSR count). The van der Waals surface area contributed by atoms with Gasteiger partial charge in [-0.05, 0) is 37.3 Å². The Hall–Kier alpha value is -2.66. The highest BCUT2D eigenvalue weighted by Gasteiger charge is 2.29. The maximum Gasteiger partial charge on any atom is 0.231 e. The summed E-state index contributed by atoms with van der Waals surface area (Å²) >= 11 is 6.15. The van der Waals surface area contributed by atoms with Gasteiger partial charge in [0.15, 0.2) is 5.82 Å². The van der Waals surface area contributed by atoms with Gasteiger partial charge >= 0.3 is 0 Å². The molecule has 1 aliphatic rings. The molecule has 24 heavy (non-hydrogen) atoms. The molecule has 0 atom stereocenters. The van der Waals surface area contributed by atoms with Crippen molar-refractivity contribution < 1.29 is 9.13 Å². The van der Waals surface area contributed by atoms with Crippen molar-refractivity contribution in [3.05, 3.63) is 87.4 Å². The largest absolute Gasteiger partial charge is 0.623 e. The normalized spacial score (nSPS) is 13.5. The molecular weight excluding hydrogens is 329 g/mol. The zero-order valence-corrected chi connectivity index (χ0v) is 13.6. The summed E-state index contributed by atoms with van der Waals surface area (Å²) in [5, 5.41) is 13.3. The Morgan fingerprint density at radius 3 is 2.79 bits per heavy atom. The van der Waals surface area contributed by atoms with E-state index >= 15 is 0 Å². The predicted molar refractivity (Wildman–Crippen MR) is 90.3 cm³/mol. The zero-order valence-electron chi connectivity index (χ0n) is 12.8. The minimum atomic E-state index is -0.449. The number of hydroxylamine groups is 1. The summed E-state index contributed by atoms with van der Waals surface area (Å²) in [4.78, 5) is 4.41. The minimum absolute atomic E-state index is 0.0316. The van der Waals surface area contributed by atoms with Crippen LogP contribution in [0.2, 0.25) is 5.02 Å². The van der Waals surface area contributed by atoms with Gasteiger partial charge in [0.1, 0.15) is 5.82 Å². The highest BCUT2D eigenvalue weighted by Crippen LogP contribution is 2.28. The lowest BCUT2D eigenvalue weighted by molar-refractivity contribution is -0.475. The van der Waals surface area contributed by atoms with Crippen LogP contribution in [0, 0.1) is 17.9 Å². The lowest BCUT2D eigenvalue weighted by Gasteiger charge is -2.11. The Morgan fingerprint density at radius 1 is 1.21 bits per heavy atom. The van der Waals surface area contributed by atoms with Gasteiger partial charge in [-0.2, -0.15) is 4.74 Å². The Balaban J connectivity index is 2.07. The van der Waals surface area contributed by atoms with E-state index in [1.165, 1.54) is 6.07 Å². The van der Waals surface area contributed by atoms with Crippen molar-refractivity contribution in [1.82, 2.24) is 9.55 Å². The van der Waals surface area contributed by atoms with Crippen molar-refractivity contribution in [1.29, 1.82) is 0 Å². The van der Waals surface area contributed by atoms with Crippen molar-refractivity contribution in [3.63, 3.8) is 0 Å². The van der Waals surface area contributed by atoms with Crippen LogP contribution >= 0.6 is 11.6 Å². The van der Waals surface area contributed by atoms with Crippen LogP contribution in [0.4, 0.5) is 4.39 Å². The lowest BCUT2D eigenvalue weighted by Crippen LogP contribution is -2.19. The summed E-state index contributed by atoms with van der Waals surface area (Å²) in [6.07, 6.45) is 1.86. The van der Waals surface area contributed by atoms with E-state index in [0.717, 1.165) is 16.1 Å². The SMILES string of the molecule is Cc1cn2c(n1)C[N+]([O-])=C(c1ccccc1F)c1cc(Cl)ccc1-2. The molecule has 2 heterocycles. The maximum atomic E-state index is 14.4. The highest BCUT2D eigenvalue weighted by molar-refractivity contribution is 6.31. The van der Waals surface area contributed by atoms with Crippen LogP contribution in [0.3, 0.4) is 0 Å². The second-order valence-corrected chi connectivity index (χ2v) is 6.13. The van der Waals surface area contributed by atoms with E-state index in [1.54, 1.807) is 30.3 Å². The predicted octanol–water partition coefficient (Wildman–Crippen LogP) is 3.83. The number of benzene rings is 2. The van der Waals surface area contributed by atoms with Crippen molar-refractivity contribution in [2.24, 2.45) is 0 Å². The van der Waals surface area contributed by atoms with Crippen LogP contribution in [0.25, 0.3) is 5.69 Å². The van der Waals surface area contributed by atoms with Crippen molar-refractivity contribution in [2.45, 2.75) is 13.5 Å². The van der Waals surface area contributed by atoms with Crippen molar-refractivity contribution in [2.75, 3.05) is 0 Å². The van der Waals surface area contributed by atoms with E-state index in [1.807, 2.05) is 23.8 Å². The molecule has 0 fully saturated rings. The first-order valence-corrected chi connectivity index (χ1v) is 7.84. The fourth-order valence-electron chi connectivity index (χ4n) is 3.05. The molecule has 0 aliphatic carbocycles. The number of fused-ring (bicyclic) bond motifs is 3. The second kappa shape index (κ2) is 5.46. The van der Waals surface area contributed by atoms with E-state index < -0.39 is 5.82 Å². The molecule has 120 valence electrons. The second-order valence-electron chi connectivity index (χ2n) is 5.70. The highest BCUT2D eigenvalue weighted by atomic mass is 35.5. The number of nitrogens with zero attached hydrogens (tertiary/aromatic N) is 3. The number of halogens is 2. The molecule has 3 aromatic rings. The van der Waals surface area contributed by atoms with E-state index in [-0.39, 0.29) is 17.8 Å². The van der Waals surface area contributed by atoms with Gasteiger partial charge in [0.05, 0.1) is 22.5 Å². The smallest absolute Gasteiger partial charge is 0.231 e. The van der Waals surface area contributed by atoms with Gasteiger partial charge in [0.25, 0.3) is 0 Å². The quantitative estimate of drug-likeness (QED) is 0.498. The molecule has 0 unspecified atom stereocenters. The van der Waals surface area contributed by atoms with E-state index in [2.05, 4.69) is 4.98 Å². The molecule has 0 saturated carbocycles. The number of imidazole rings is 1. The molecule has 1 aliphatic heterocycles. The number of hydrogen-bond acceptors (Lipinski definition) is 2. The fraction of sp³-hybridized carbons (Fsp3) is 0.111. The van der Waals surface area contributed by atoms with Crippen molar-refractivity contribution in [3.8, 4) is 5.69 Å². The van der Waals surface area contributed by atoms with Gasteiger partial charge in [-0.25, -0.2) is 9.37 Å². The number of aryl methyl sites for hydroxylation is 1. The third-order valence-corrected chi connectivity index (χ3v) is 4.27. The Bertz CT molecular complexity index is 994. The monoisotopic (exact) mass is 341 g/mol.